The van der Waals surface area contributed by atoms with Crippen molar-refractivity contribution in [2.24, 2.45) is 0 Å². The van der Waals surface area contributed by atoms with Crippen LogP contribution in [0.1, 0.15) is 13.3 Å². The van der Waals surface area contributed by atoms with Crippen LogP contribution < -0.4 is 10.5 Å². The number of anilines is 1. The zero-order valence-corrected chi connectivity index (χ0v) is 15.4. The number of benzene rings is 1. The van der Waals surface area contributed by atoms with E-state index < -0.39 is 15.8 Å². The van der Waals surface area contributed by atoms with Crippen molar-refractivity contribution in [3.63, 3.8) is 0 Å². The first-order chi connectivity index (χ1) is 12.9. The average molecular weight is 387 g/mol. The van der Waals surface area contributed by atoms with Gasteiger partial charge in [0, 0.05) is 41.8 Å². The highest BCUT2D eigenvalue weighted by Gasteiger charge is 2.19. The van der Waals surface area contributed by atoms with Crippen LogP contribution in [0.2, 0.25) is 0 Å². The molecule has 0 bridgehead atoms. The number of pyridine rings is 1. The Labute approximate surface area is 156 Å². The molecular weight excluding hydrogens is 369 g/mol. The van der Waals surface area contributed by atoms with Gasteiger partial charge in [-0.2, -0.15) is 0 Å². The van der Waals surface area contributed by atoms with Crippen molar-refractivity contribution in [2.45, 2.75) is 18.2 Å². The Morgan fingerprint density at radius 2 is 1.74 bits per heavy atom. The Morgan fingerprint density at radius 3 is 2.41 bits per heavy atom. The molecule has 0 fully saturated rings. The molecule has 0 aliphatic carbocycles. The van der Waals surface area contributed by atoms with Crippen molar-refractivity contribution >= 4 is 16.0 Å². The monoisotopic (exact) mass is 387 g/mol. The molecule has 27 heavy (non-hydrogen) atoms. The summed E-state index contributed by atoms with van der Waals surface area (Å²) in [5.41, 5.74) is 6.59. The maximum Gasteiger partial charge on any atom is 0.241 e. The Kier molecular flexibility index (Phi) is 5.43. The van der Waals surface area contributed by atoms with E-state index in [-0.39, 0.29) is 16.5 Å². The van der Waals surface area contributed by atoms with Crippen LogP contribution in [0.4, 0.5) is 10.3 Å². The summed E-state index contributed by atoms with van der Waals surface area (Å²) < 4.78 is 42.2. The molecule has 0 saturated heterocycles. The fourth-order valence-electron chi connectivity index (χ4n) is 2.51. The van der Waals surface area contributed by atoms with E-state index >= 15 is 0 Å². The van der Waals surface area contributed by atoms with Crippen molar-refractivity contribution in [3.05, 3.63) is 54.7 Å². The van der Waals surface area contributed by atoms with E-state index in [0.717, 1.165) is 0 Å². The molecule has 7 nitrogen and oxygen atoms in total. The largest absolute Gasteiger partial charge is 0.368 e. The number of nitrogens with two attached hydrogens (primary N) is 1. The normalized spacial score (nSPS) is 11.5. The van der Waals surface area contributed by atoms with Crippen molar-refractivity contribution in [1.29, 1.82) is 0 Å². The van der Waals surface area contributed by atoms with Gasteiger partial charge in [0.25, 0.3) is 0 Å². The molecule has 3 aromatic rings. The minimum absolute atomic E-state index is 0.0585. The van der Waals surface area contributed by atoms with Crippen LogP contribution in [0.25, 0.3) is 22.4 Å². The highest BCUT2D eigenvalue weighted by molar-refractivity contribution is 7.89. The number of nitrogens with zero attached hydrogens (tertiary/aromatic N) is 3. The third-order valence-corrected chi connectivity index (χ3v) is 5.34. The number of sulfonamides is 1. The van der Waals surface area contributed by atoms with Crippen molar-refractivity contribution < 1.29 is 12.8 Å². The van der Waals surface area contributed by atoms with Crippen LogP contribution in [0.5, 0.6) is 0 Å². The van der Waals surface area contributed by atoms with Crippen LogP contribution >= 0.6 is 0 Å². The number of hydrogen-bond acceptors (Lipinski definition) is 6. The van der Waals surface area contributed by atoms with Crippen LogP contribution in [0, 0.1) is 5.82 Å². The zero-order valence-electron chi connectivity index (χ0n) is 14.6. The van der Waals surface area contributed by atoms with E-state index in [1.54, 1.807) is 18.2 Å². The summed E-state index contributed by atoms with van der Waals surface area (Å²) in [4.78, 5) is 11.9. The minimum Gasteiger partial charge on any atom is -0.368 e. The van der Waals surface area contributed by atoms with Gasteiger partial charge >= 0.3 is 0 Å². The summed E-state index contributed by atoms with van der Waals surface area (Å²) in [5.74, 6) is -0.538. The van der Waals surface area contributed by atoms with Gasteiger partial charge in [-0.05, 0) is 18.6 Å². The Hall–Kier alpha value is -2.91. The Morgan fingerprint density at radius 1 is 1.07 bits per heavy atom. The number of aromatic nitrogens is 3. The summed E-state index contributed by atoms with van der Waals surface area (Å²) in [6, 6.07) is 7.64. The van der Waals surface area contributed by atoms with E-state index in [9.17, 15) is 12.8 Å². The molecular formula is C18H18FN5O2S. The van der Waals surface area contributed by atoms with Crippen molar-refractivity contribution in [2.75, 3.05) is 12.3 Å². The molecule has 0 aliphatic heterocycles. The van der Waals surface area contributed by atoms with E-state index in [0.29, 0.717) is 29.7 Å². The second-order valence-electron chi connectivity index (χ2n) is 5.78. The summed E-state index contributed by atoms with van der Waals surface area (Å²) >= 11 is 0. The molecule has 1 aromatic carbocycles. The number of halogens is 1. The van der Waals surface area contributed by atoms with Crippen molar-refractivity contribution in [1.82, 2.24) is 19.7 Å². The maximum absolute atomic E-state index is 14.6. The van der Waals surface area contributed by atoms with E-state index in [2.05, 4.69) is 19.7 Å². The third-order valence-electron chi connectivity index (χ3n) is 3.82. The van der Waals surface area contributed by atoms with Gasteiger partial charge in [0.2, 0.25) is 16.0 Å². The van der Waals surface area contributed by atoms with Crippen LogP contribution in [0.3, 0.4) is 0 Å². The fourth-order valence-corrected chi connectivity index (χ4v) is 3.87. The van der Waals surface area contributed by atoms with Crippen molar-refractivity contribution in [3.8, 4) is 22.4 Å². The topological polar surface area (TPSA) is 111 Å². The van der Waals surface area contributed by atoms with Crippen LogP contribution in [-0.2, 0) is 10.0 Å². The minimum atomic E-state index is -3.72. The van der Waals surface area contributed by atoms with E-state index in [1.807, 2.05) is 6.92 Å². The first-order valence-electron chi connectivity index (χ1n) is 8.25. The number of hydrogen-bond donors (Lipinski definition) is 2. The van der Waals surface area contributed by atoms with Gasteiger partial charge in [-0.1, -0.05) is 25.1 Å². The molecule has 3 N–H and O–H groups in total. The first kappa shape index (κ1) is 18.9. The van der Waals surface area contributed by atoms with Crippen LogP contribution in [0.15, 0.2) is 53.8 Å². The summed E-state index contributed by atoms with van der Waals surface area (Å²) in [5, 5.41) is 0. The molecule has 0 aliphatic rings. The van der Waals surface area contributed by atoms with Crippen LogP contribution in [-0.4, -0.2) is 29.9 Å². The molecule has 140 valence electrons. The quantitative estimate of drug-likeness (QED) is 0.673. The lowest BCUT2D eigenvalue weighted by Crippen LogP contribution is -2.24. The Bertz CT molecular complexity index is 1060. The fraction of sp³-hybridized carbons (Fsp3) is 0.167. The number of nitrogens with one attached hydrogen (secondary N) is 1. The summed E-state index contributed by atoms with van der Waals surface area (Å²) in [6.45, 7) is 2.19. The summed E-state index contributed by atoms with van der Waals surface area (Å²) in [6.07, 6.45) is 4.83. The number of nitrogen functional groups attached to an aromatic ring is 1. The third kappa shape index (κ3) is 4.09. The van der Waals surface area contributed by atoms with Gasteiger partial charge in [-0.15, -0.1) is 0 Å². The molecule has 9 heteroatoms. The molecule has 0 radical (unpaired) electrons. The van der Waals surface area contributed by atoms with Gasteiger partial charge < -0.3 is 5.73 Å². The van der Waals surface area contributed by atoms with Gasteiger partial charge in [0.15, 0.2) is 0 Å². The lowest BCUT2D eigenvalue weighted by Gasteiger charge is -2.12. The highest BCUT2D eigenvalue weighted by Crippen LogP contribution is 2.29. The average Bonchev–Trinajstić information content (AvgIpc) is 2.67. The lowest BCUT2D eigenvalue weighted by atomic mass is 10.1. The predicted molar refractivity (Wildman–Crippen MR) is 101 cm³/mol. The molecule has 2 heterocycles. The zero-order chi connectivity index (χ0) is 19.4. The van der Waals surface area contributed by atoms with E-state index in [1.165, 1.54) is 30.7 Å². The van der Waals surface area contributed by atoms with E-state index in [4.69, 9.17) is 5.73 Å². The molecule has 2 aromatic heterocycles. The smallest absolute Gasteiger partial charge is 0.241 e. The first-order valence-corrected chi connectivity index (χ1v) is 9.73. The van der Waals surface area contributed by atoms with Gasteiger partial charge in [0.1, 0.15) is 11.5 Å². The molecule has 0 unspecified atom stereocenters. The Balaban J connectivity index is 2.03. The maximum atomic E-state index is 14.6. The molecule has 0 spiro atoms. The van der Waals surface area contributed by atoms with Gasteiger partial charge in [0.05, 0.1) is 4.90 Å². The molecule has 3 rings (SSSR count). The predicted octanol–water partition coefficient (Wildman–Crippen LogP) is 2.62. The van der Waals surface area contributed by atoms with Gasteiger partial charge in [-0.3, -0.25) is 4.98 Å². The molecule has 0 saturated carbocycles. The molecule has 0 atom stereocenters. The highest BCUT2D eigenvalue weighted by atomic mass is 32.2. The second kappa shape index (κ2) is 7.77. The number of rotatable bonds is 6. The lowest BCUT2D eigenvalue weighted by molar-refractivity contribution is 0.581. The second-order valence-corrected chi connectivity index (χ2v) is 7.51. The standard InChI is InChI=1S/C18H18FN5O2S/c1-2-7-24-27(25,26)16-6-4-3-5-14(16)12-8-15(19)17(21-9-12)13-10-22-18(20)23-11-13/h3-6,8-11,24H,2,7H2,1H3,(H2,20,22,23). The summed E-state index contributed by atoms with van der Waals surface area (Å²) in [7, 11) is -3.72. The SMILES string of the molecule is CCCNS(=O)(=O)c1ccccc1-c1cnc(-c2cnc(N)nc2)c(F)c1. The molecule has 0 amide bonds. The van der Waals surface area contributed by atoms with Gasteiger partial charge in [-0.25, -0.2) is 27.5 Å².